The average Bonchev–Trinajstić information content (AvgIpc) is 2.22. The lowest BCUT2D eigenvalue weighted by Gasteiger charge is -2.36. The highest BCUT2D eigenvalue weighted by Gasteiger charge is 2.24. The van der Waals surface area contributed by atoms with E-state index in [-0.39, 0.29) is 0 Å². The molecule has 0 radical (unpaired) electrons. The minimum absolute atomic E-state index is 0.633. The Balaban J connectivity index is 2.02. The molecule has 1 fully saturated rings. The van der Waals surface area contributed by atoms with Crippen LogP contribution in [0.2, 0.25) is 0 Å². The lowest BCUT2D eigenvalue weighted by Crippen LogP contribution is -2.41. The van der Waals surface area contributed by atoms with Crippen molar-refractivity contribution < 1.29 is 4.79 Å². The molecule has 1 heterocycles. The van der Waals surface area contributed by atoms with E-state index in [1.807, 2.05) is 0 Å². The Kier molecular flexibility index (Phi) is 3.17. The van der Waals surface area contributed by atoms with Crippen molar-refractivity contribution in [1.82, 2.24) is 4.90 Å². The number of hydrogen-bond acceptors (Lipinski definition) is 2. The Morgan fingerprint density at radius 1 is 1.47 bits per heavy atom. The lowest BCUT2D eigenvalue weighted by molar-refractivity contribution is -0.107. The first-order valence-corrected chi connectivity index (χ1v) is 5.50. The van der Waals surface area contributed by atoms with Gasteiger partial charge in [-0.1, -0.05) is 24.3 Å². The van der Waals surface area contributed by atoms with Crippen molar-refractivity contribution in [2.24, 2.45) is 0 Å². The fourth-order valence-corrected chi connectivity index (χ4v) is 2.14. The molecule has 0 aliphatic carbocycles. The Morgan fingerprint density at radius 2 is 2.27 bits per heavy atom. The van der Waals surface area contributed by atoms with Crippen LogP contribution in [0.4, 0.5) is 0 Å². The smallest absolute Gasteiger partial charge is 0.120 e. The molecule has 1 aliphatic rings. The van der Waals surface area contributed by atoms with Crippen LogP contribution in [0, 0.1) is 0 Å². The van der Waals surface area contributed by atoms with Crippen LogP contribution in [0.3, 0.4) is 0 Å². The summed E-state index contributed by atoms with van der Waals surface area (Å²) >= 11 is 0. The molecule has 0 unspecified atom stereocenters. The van der Waals surface area contributed by atoms with E-state index >= 15 is 0 Å². The molecule has 0 aromatic heterocycles. The van der Waals surface area contributed by atoms with Crippen LogP contribution in [-0.4, -0.2) is 31.3 Å². The van der Waals surface area contributed by atoms with Crippen molar-refractivity contribution in [3.05, 3.63) is 35.4 Å². The summed E-state index contributed by atoms with van der Waals surface area (Å²) in [5.41, 5.74) is 2.71. The van der Waals surface area contributed by atoms with Crippen LogP contribution >= 0.6 is 0 Å². The fraction of sp³-hybridized carbons (Fsp3) is 0.462. The zero-order valence-electron chi connectivity index (χ0n) is 9.15. The third-order valence-corrected chi connectivity index (χ3v) is 3.04. The molecule has 1 aromatic rings. The van der Waals surface area contributed by atoms with Crippen LogP contribution < -0.4 is 0 Å². The first-order valence-electron chi connectivity index (χ1n) is 5.50. The molecule has 2 nitrogen and oxygen atoms in total. The van der Waals surface area contributed by atoms with Gasteiger partial charge in [-0.2, -0.15) is 0 Å². The van der Waals surface area contributed by atoms with Crippen LogP contribution in [-0.2, 0) is 11.2 Å². The maximum atomic E-state index is 10.3. The monoisotopic (exact) mass is 203 g/mol. The highest BCUT2D eigenvalue weighted by atomic mass is 16.1. The van der Waals surface area contributed by atoms with E-state index < -0.39 is 0 Å². The predicted octanol–water partition coefficient (Wildman–Crippen LogP) is 1.85. The zero-order valence-corrected chi connectivity index (χ0v) is 9.15. The third kappa shape index (κ3) is 2.45. The SMILES string of the molecule is CN1CC(c2cccc(CCC=O)c2)C1. The minimum Gasteiger partial charge on any atom is -0.305 e. The molecular formula is C13H17NO. The van der Waals surface area contributed by atoms with Crippen LogP contribution in [0.5, 0.6) is 0 Å². The number of rotatable bonds is 4. The molecule has 80 valence electrons. The zero-order chi connectivity index (χ0) is 10.7. The van der Waals surface area contributed by atoms with Gasteiger partial charge in [0, 0.05) is 25.4 Å². The van der Waals surface area contributed by atoms with Gasteiger partial charge >= 0.3 is 0 Å². The highest BCUT2D eigenvalue weighted by Crippen LogP contribution is 2.26. The number of likely N-dealkylation sites (tertiary alicyclic amines) is 1. The molecule has 15 heavy (non-hydrogen) atoms. The third-order valence-electron chi connectivity index (χ3n) is 3.04. The van der Waals surface area contributed by atoms with E-state index in [2.05, 4.69) is 36.2 Å². The van der Waals surface area contributed by atoms with Crippen LogP contribution in [0.1, 0.15) is 23.5 Å². The van der Waals surface area contributed by atoms with Crippen molar-refractivity contribution >= 4 is 6.29 Å². The Labute approximate surface area is 90.9 Å². The maximum Gasteiger partial charge on any atom is 0.120 e. The van der Waals surface area contributed by atoms with Crippen LogP contribution in [0.15, 0.2) is 24.3 Å². The topological polar surface area (TPSA) is 20.3 Å². The second kappa shape index (κ2) is 4.58. The van der Waals surface area contributed by atoms with Gasteiger partial charge < -0.3 is 9.69 Å². The Bertz CT molecular complexity index is 342. The van der Waals surface area contributed by atoms with E-state index in [4.69, 9.17) is 0 Å². The van der Waals surface area contributed by atoms with Crippen molar-refractivity contribution in [3.8, 4) is 0 Å². The predicted molar refractivity (Wildman–Crippen MR) is 61.1 cm³/mol. The van der Waals surface area contributed by atoms with Gasteiger partial charge in [0.25, 0.3) is 0 Å². The van der Waals surface area contributed by atoms with E-state index in [0.29, 0.717) is 12.3 Å². The fourth-order valence-electron chi connectivity index (χ4n) is 2.14. The Morgan fingerprint density at radius 3 is 2.93 bits per heavy atom. The summed E-state index contributed by atoms with van der Waals surface area (Å²) in [4.78, 5) is 12.6. The highest BCUT2D eigenvalue weighted by molar-refractivity contribution is 5.50. The van der Waals surface area contributed by atoms with Gasteiger partial charge in [0.15, 0.2) is 0 Å². The summed E-state index contributed by atoms with van der Waals surface area (Å²) in [6, 6.07) is 8.66. The van der Waals surface area contributed by atoms with Gasteiger partial charge in [0.1, 0.15) is 6.29 Å². The van der Waals surface area contributed by atoms with Crippen molar-refractivity contribution in [2.45, 2.75) is 18.8 Å². The summed E-state index contributed by atoms with van der Waals surface area (Å²) in [7, 11) is 2.15. The molecule has 0 N–H and O–H groups in total. The van der Waals surface area contributed by atoms with Gasteiger partial charge in [0.2, 0.25) is 0 Å². The molecular weight excluding hydrogens is 186 g/mol. The van der Waals surface area contributed by atoms with Gasteiger partial charge in [-0.05, 0) is 24.6 Å². The van der Waals surface area contributed by atoms with E-state index in [9.17, 15) is 4.79 Å². The second-order valence-electron chi connectivity index (χ2n) is 4.37. The largest absolute Gasteiger partial charge is 0.305 e. The molecule has 2 rings (SSSR count). The number of benzene rings is 1. The molecule has 0 bridgehead atoms. The lowest BCUT2D eigenvalue weighted by atomic mass is 9.90. The molecule has 1 saturated heterocycles. The summed E-state index contributed by atoms with van der Waals surface area (Å²) < 4.78 is 0. The summed E-state index contributed by atoms with van der Waals surface area (Å²) in [5, 5.41) is 0. The molecule has 0 atom stereocenters. The van der Waals surface area contributed by atoms with Gasteiger partial charge in [-0.3, -0.25) is 0 Å². The summed E-state index contributed by atoms with van der Waals surface area (Å²) in [5.74, 6) is 0.700. The number of carbonyl (C=O) groups excluding carboxylic acids is 1. The molecule has 0 spiro atoms. The van der Waals surface area contributed by atoms with Crippen molar-refractivity contribution in [3.63, 3.8) is 0 Å². The first kappa shape index (κ1) is 10.4. The number of aldehydes is 1. The molecule has 1 aromatic carbocycles. The number of aryl methyl sites for hydroxylation is 1. The number of hydrogen-bond donors (Lipinski definition) is 0. The molecule has 1 aliphatic heterocycles. The second-order valence-corrected chi connectivity index (χ2v) is 4.37. The molecule has 0 amide bonds. The maximum absolute atomic E-state index is 10.3. The number of nitrogens with zero attached hydrogens (tertiary/aromatic N) is 1. The van der Waals surface area contributed by atoms with Gasteiger partial charge in [-0.25, -0.2) is 0 Å². The van der Waals surface area contributed by atoms with E-state index in [0.717, 1.165) is 25.8 Å². The Hall–Kier alpha value is -1.15. The van der Waals surface area contributed by atoms with Crippen LogP contribution in [0.25, 0.3) is 0 Å². The number of likely N-dealkylation sites (N-methyl/N-ethyl adjacent to an activating group) is 1. The average molecular weight is 203 g/mol. The summed E-state index contributed by atoms with van der Waals surface area (Å²) in [6.07, 6.45) is 2.50. The van der Waals surface area contributed by atoms with E-state index in [1.165, 1.54) is 11.1 Å². The van der Waals surface area contributed by atoms with Crippen molar-refractivity contribution in [2.75, 3.05) is 20.1 Å². The normalized spacial score (nSPS) is 17.4. The molecule has 0 saturated carbocycles. The van der Waals surface area contributed by atoms with Gasteiger partial charge in [-0.15, -0.1) is 0 Å². The first-order chi connectivity index (χ1) is 7.29. The molecule has 2 heteroatoms. The number of carbonyl (C=O) groups is 1. The quantitative estimate of drug-likeness (QED) is 0.696. The summed E-state index contributed by atoms with van der Waals surface area (Å²) in [6.45, 7) is 2.33. The van der Waals surface area contributed by atoms with E-state index in [1.54, 1.807) is 0 Å². The minimum atomic E-state index is 0.633. The standard InChI is InChI=1S/C13H17NO/c1-14-9-13(10-14)12-6-2-4-11(8-12)5-3-7-15/h2,4,6-8,13H,3,5,9-10H2,1H3. The van der Waals surface area contributed by atoms with Gasteiger partial charge in [0.05, 0.1) is 0 Å². The van der Waals surface area contributed by atoms with Crippen molar-refractivity contribution in [1.29, 1.82) is 0 Å².